The molecule has 1 atom stereocenters. The Kier molecular flexibility index (Phi) is 4.88. The summed E-state index contributed by atoms with van der Waals surface area (Å²) >= 11 is 0. The largest absolute Gasteiger partial charge is 0.281 e. The number of hydrogen-bond donors (Lipinski definition) is 1. The maximum atomic E-state index is 13.2. The van der Waals surface area contributed by atoms with E-state index in [0.29, 0.717) is 21.2 Å². The maximum Gasteiger partial charge on any atom is 0.262 e. The molecule has 1 aliphatic rings. The normalized spacial score (nSPS) is 20.5. The molecule has 6 heteroatoms. The summed E-state index contributed by atoms with van der Waals surface area (Å²) in [5.74, 6) is 2.10. The van der Waals surface area contributed by atoms with Crippen LogP contribution in [0.15, 0.2) is 75.6 Å². The van der Waals surface area contributed by atoms with Gasteiger partial charge in [-0.15, -0.1) is 0 Å². The number of carbonyl (C=O) groups excluding carboxylic acids is 1. The molecule has 0 radical (unpaired) electrons. The van der Waals surface area contributed by atoms with Gasteiger partial charge < -0.3 is 0 Å². The fraction of sp³-hybridized carbons (Fsp3) is 0.0500. The van der Waals surface area contributed by atoms with Gasteiger partial charge in [0, 0.05) is 21.9 Å². The molecule has 0 spiro atoms. The van der Waals surface area contributed by atoms with E-state index < -0.39 is 10.0 Å². The van der Waals surface area contributed by atoms with Gasteiger partial charge in [-0.3, -0.25) is 10.1 Å². The van der Waals surface area contributed by atoms with Crippen molar-refractivity contribution in [3.05, 3.63) is 77.1 Å². The van der Waals surface area contributed by atoms with Crippen LogP contribution in [0.5, 0.6) is 0 Å². The molecule has 2 aromatic carbocycles. The number of nitrogens with one attached hydrogen (secondary N) is 1. The molecule has 0 aliphatic carbocycles. The van der Waals surface area contributed by atoms with Gasteiger partial charge >= 0.3 is 0 Å². The number of nitriles is 1. The Balaban J connectivity index is 1.82. The Morgan fingerprint density at radius 1 is 1.15 bits per heavy atom. The molecular weight excluding hydrogens is 349 g/mol. The number of amides is 1. The molecule has 1 unspecified atom stereocenters. The van der Waals surface area contributed by atoms with Crippen molar-refractivity contribution in [1.29, 1.82) is 5.26 Å². The lowest BCUT2D eigenvalue weighted by molar-refractivity contribution is 0.0973. The monoisotopic (exact) mass is 363 g/mol. The highest BCUT2D eigenvalue weighted by atomic mass is 32.3. The molecule has 2 aromatic rings. The lowest BCUT2D eigenvalue weighted by Crippen LogP contribution is -2.17. The van der Waals surface area contributed by atoms with Gasteiger partial charge in [-0.2, -0.15) is 5.26 Å². The van der Waals surface area contributed by atoms with Crippen molar-refractivity contribution in [3.8, 4) is 17.4 Å². The molecule has 1 amide bonds. The molecule has 0 fully saturated rings. The van der Waals surface area contributed by atoms with Crippen molar-refractivity contribution in [1.82, 2.24) is 5.32 Å². The van der Waals surface area contributed by atoms with Crippen molar-refractivity contribution in [3.63, 3.8) is 0 Å². The second kappa shape index (κ2) is 7.26. The van der Waals surface area contributed by atoms with E-state index in [9.17, 15) is 14.4 Å². The van der Waals surface area contributed by atoms with Gasteiger partial charge in [0.15, 0.2) is 0 Å². The molecule has 1 aliphatic heterocycles. The Morgan fingerprint density at radius 3 is 2.50 bits per heavy atom. The number of benzene rings is 2. The number of nitrogens with zero attached hydrogens (tertiary/aromatic N) is 2. The Morgan fingerprint density at radius 2 is 1.85 bits per heavy atom. The summed E-state index contributed by atoms with van der Waals surface area (Å²) in [6.07, 6.45) is 0. The van der Waals surface area contributed by atoms with Crippen LogP contribution in [-0.4, -0.2) is 11.0 Å². The van der Waals surface area contributed by atoms with E-state index in [1.165, 1.54) is 12.1 Å². The van der Waals surface area contributed by atoms with Gasteiger partial charge in [0.2, 0.25) is 0 Å². The molecule has 26 heavy (non-hydrogen) atoms. The van der Waals surface area contributed by atoms with Crippen molar-refractivity contribution in [2.24, 2.45) is 4.99 Å². The molecule has 0 saturated carbocycles. The third-order valence-electron chi connectivity index (χ3n) is 3.76. The quantitative estimate of drug-likeness (QED) is 0.495. The summed E-state index contributed by atoms with van der Waals surface area (Å²) in [6.45, 7) is 1.76. The zero-order valence-electron chi connectivity index (χ0n) is 13.9. The van der Waals surface area contributed by atoms with Gasteiger partial charge in [-0.1, -0.05) is 28.2 Å². The Bertz CT molecular complexity index is 1010. The molecule has 3 rings (SSSR count). The number of aliphatic imine (C=N–C) groups is 1. The molecule has 128 valence electrons. The zero-order valence-corrected chi connectivity index (χ0v) is 14.7. The van der Waals surface area contributed by atoms with Crippen LogP contribution < -0.4 is 5.32 Å². The van der Waals surface area contributed by atoms with E-state index >= 15 is 0 Å². The number of halogens is 1. The van der Waals surface area contributed by atoms with Crippen LogP contribution in [0.2, 0.25) is 0 Å². The van der Waals surface area contributed by atoms with Crippen molar-refractivity contribution >= 4 is 21.0 Å². The smallest absolute Gasteiger partial charge is 0.262 e. The first-order valence-electron chi connectivity index (χ1n) is 7.68. The van der Waals surface area contributed by atoms with Crippen molar-refractivity contribution < 1.29 is 9.18 Å². The number of hydrogen-bond acceptors (Lipinski definition) is 3. The number of carbonyl (C=O) groups is 1. The summed E-state index contributed by atoms with van der Waals surface area (Å²) < 4.78 is 13.2. The molecule has 1 heterocycles. The fourth-order valence-electron chi connectivity index (χ4n) is 2.42. The number of thiocyanates is 1. The van der Waals surface area contributed by atoms with Crippen LogP contribution >= 0.6 is 10.0 Å². The zero-order chi connectivity index (χ0) is 18.6. The summed E-state index contributed by atoms with van der Waals surface area (Å²) in [5.41, 5.74) is 0.918. The highest BCUT2D eigenvalue weighted by molar-refractivity contribution is 8.51. The van der Waals surface area contributed by atoms with E-state index in [-0.39, 0.29) is 11.7 Å². The van der Waals surface area contributed by atoms with Crippen molar-refractivity contribution in [2.75, 3.05) is 0 Å². The second-order valence-corrected chi connectivity index (χ2v) is 8.21. The van der Waals surface area contributed by atoms with Gasteiger partial charge in [0.25, 0.3) is 5.91 Å². The first-order valence-corrected chi connectivity index (χ1v) is 9.38. The van der Waals surface area contributed by atoms with Crippen LogP contribution in [0.3, 0.4) is 0 Å². The minimum Gasteiger partial charge on any atom is -0.281 e. The van der Waals surface area contributed by atoms with Crippen LogP contribution in [0.25, 0.3) is 0 Å². The van der Waals surface area contributed by atoms with Crippen LogP contribution in [0.4, 0.5) is 4.39 Å². The topological polar surface area (TPSA) is 65.2 Å². The predicted octanol–water partition coefficient (Wildman–Crippen LogP) is 4.13. The summed E-state index contributed by atoms with van der Waals surface area (Å²) in [4.78, 5) is 17.0. The molecule has 4 nitrogen and oxygen atoms in total. The molecule has 0 bridgehead atoms. The first-order chi connectivity index (χ1) is 12.5. The van der Waals surface area contributed by atoms with Gasteiger partial charge in [-0.05, 0) is 49.2 Å². The van der Waals surface area contributed by atoms with Gasteiger partial charge in [-0.25, -0.2) is 9.38 Å². The molecule has 1 N–H and O–H groups in total. The average Bonchev–Trinajstić information content (AvgIpc) is 2.99. The number of rotatable bonds is 2. The summed E-state index contributed by atoms with van der Waals surface area (Å²) in [7, 11) is -2.11. The Labute approximate surface area is 152 Å². The average molecular weight is 363 g/mol. The standard InChI is InChI=1S/C20H14FN3OS/c1-15-24-18(11-12-23-20(25)16-5-3-2-4-6-16)13-26(15,14-22)19-9-7-17(21)8-10-19/h2-10,13H,1H3,(H,23,25). The fourth-order valence-corrected chi connectivity index (χ4v) is 4.62. The van der Waals surface area contributed by atoms with Crippen LogP contribution in [0.1, 0.15) is 17.3 Å². The minimum atomic E-state index is -2.11. The van der Waals surface area contributed by atoms with Crippen molar-refractivity contribution in [2.45, 2.75) is 11.8 Å². The maximum absolute atomic E-state index is 13.2. The highest BCUT2D eigenvalue weighted by Gasteiger charge is 2.32. The highest BCUT2D eigenvalue weighted by Crippen LogP contribution is 2.60. The summed E-state index contributed by atoms with van der Waals surface area (Å²) in [5, 5.41) is 16.9. The molecule has 0 aromatic heterocycles. The predicted molar refractivity (Wildman–Crippen MR) is 101 cm³/mol. The third kappa shape index (κ3) is 3.37. The third-order valence-corrected chi connectivity index (χ3v) is 6.67. The minimum absolute atomic E-state index is 0.310. The SMILES string of the molecule is CC1=NC(C#CNC(=O)c2ccccc2)=CS1(C#N)c1ccc(F)cc1. The second-order valence-electron chi connectivity index (χ2n) is 5.41. The number of allylic oxidation sites excluding steroid dienone is 1. The molecular formula is C20H14FN3OS. The first kappa shape index (κ1) is 17.5. The van der Waals surface area contributed by atoms with E-state index in [0.717, 1.165) is 0 Å². The molecule has 0 saturated heterocycles. The van der Waals surface area contributed by atoms with Gasteiger partial charge in [0.1, 0.15) is 16.9 Å². The van der Waals surface area contributed by atoms with Crippen LogP contribution in [0, 0.1) is 28.4 Å². The van der Waals surface area contributed by atoms with E-state index in [1.54, 1.807) is 48.7 Å². The summed E-state index contributed by atoms with van der Waals surface area (Å²) in [6, 6.07) is 17.2. The Hall–Kier alpha value is -3.35. The lowest BCUT2D eigenvalue weighted by atomic mass is 10.2. The van der Waals surface area contributed by atoms with E-state index in [2.05, 4.69) is 27.7 Å². The van der Waals surface area contributed by atoms with E-state index in [1.807, 2.05) is 6.07 Å². The van der Waals surface area contributed by atoms with Crippen LogP contribution in [-0.2, 0) is 0 Å². The van der Waals surface area contributed by atoms with Gasteiger partial charge in [0.05, 0.1) is 5.04 Å². The van der Waals surface area contributed by atoms with E-state index in [4.69, 9.17) is 0 Å². The lowest BCUT2D eigenvalue weighted by Gasteiger charge is -2.25.